The molecule has 0 saturated heterocycles. The minimum Gasteiger partial charge on any atom is -0.462 e. The zero-order chi connectivity index (χ0) is 59.2. The molecule has 0 rings (SSSR count). The molecule has 6 heteroatoms. The lowest BCUT2D eigenvalue weighted by Gasteiger charge is -2.18. The average Bonchev–Trinajstić information content (AvgIpc) is 3.48. The summed E-state index contributed by atoms with van der Waals surface area (Å²) in [5.41, 5.74) is 0. The van der Waals surface area contributed by atoms with Crippen LogP contribution in [-0.2, 0) is 28.6 Å². The first kappa shape index (κ1) is 77.8. The first-order valence-corrected chi connectivity index (χ1v) is 34.5. The number of esters is 3. The molecular formula is C76H128O6. The molecule has 0 aromatic heterocycles. The van der Waals surface area contributed by atoms with Crippen molar-refractivity contribution in [2.75, 3.05) is 13.2 Å². The molecule has 0 aromatic carbocycles. The number of rotatable bonds is 62. The van der Waals surface area contributed by atoms with Crippen LogP contribution in [0.2, 0.25) is 0 Å². The van der Waals surface area contributed by atoms with E-state index in [0.29, 0.717) is 25.7 Å². The second-order valence-electron chi connectivity index (χ2n) is 22.7. The fourth-order valence-electron chi connectivity index (χ4n) is 9.54. The van der Waals surface area contributed by atoms with Crippen LogP contribution < -0.4 is 0 Å². The zero-order valence-electron chi connectivity index (χ0n) is 53.7. The van der Waals surface area contributed by atoms with Gasteiger partial charge in [0.15, 0.2) is 6.10 Å². The zero-order valence-corrected chi connectivity index (χ0v) is 53.7. The molecule has 0 aromatic rings. The molecule has 0 heterocycles. The molecule has 1 atom stereocenters. The minimum atomic E-state index is -0.805. The van der Waals surface area contributed by atoms with Gasteiger partial charge >= 0.3 is 17.9 Å². The molecule has 0 radical (unpaired) electrons. The van der Waals surface area contributed by atoms with Crippen LogP contribution in [0.1, 0.15) is 323 Å². The van der Waals surface area contributed by atoms with E-state index in [2.05, 4.69) is 142 Å². The first-order valence-electron chi connectivity index (χ1n) is 34.5. The maximum atomic E-state index is 13.0. The monoisotopic (exact) mass is 1140 g/mol. The van der Waals surface area contributed by atoms with Gasteiger partial charge in [0.1, 0.15) is 13.2 Å². The fraction of sp³-hybridized carbons (Fsp3) is 0.697. The number of hydrogen-bond acceptors (Lipinski definition) is 6. The smallest absolute Gasteiger partial charge is 0.306 e. The molecule has 0 amide bonds. The van der Waals surface area contributed by atoms with E-state index in [0.717, 1.165) is 128 Å². The summed E-state index contributed by atoms with van der Waals surface area (Å²) in [5.74, 6) is -0.946. The predicted octanol–water partition coefficient (Wildman–Crippen LogP) is 23.9. The summed E-state index contributed by atoms with van der Waals surface area (Å²) < 4.78 is 16.9. The molecule has 82 heavy (non-hydrogen) atoms. The lowest BCUT2D eigenvalue weighted by atomic mass is 10.0. The highest BCUT2D eigenvalue weighted by Crippen LogP contribution is 2.17. The van der Waals surface area contributed by atoms with Gasteiger partial charge in [-0.05, 0) is 109 Å². The Morgan fingerprint density at radius 2 is 0.488 bits per heavy atom. The van der Waals surface area contributed by atoms with Crippen LogP contribution in [0.4, 0.5) is 0 Å². The third kappa shape index (κ3) is 66.6. The SMILES string of the molecule is CC/C=C\C/C=C\C/C=C\C/C=C\C/C=C\C/C=C\C/C=C\C/C=C\CCCCC(=O)OCC(COC(=O)CCCCCCC/C=C\C/C=C\CCCC)OC(=O)CCCCCCCCCCCCCCCCCCCCCCCCC. The second-order valence-corrected chi connectivity index (χ2v) is 22.7. The Balaban J connectivity index is 4.41. The molecule has 0 spiro atoms. The standard InChI is InChI=1S/C76H128O6/c1-4-7-10-13-16-19-22-25-28-30-32-34-36-37-38-39-41-42-44-46-48-51-54-57-60-63-66-69-75(78)81-72-73(71-80-74(77)68-65-62-59-56-53-50-27-24-21-18-15-12-9-6-3)82-76(79)70-67-64-61-58-55-52-49-47-45-43-40-35-33-31-29-26-23-20-17-14-11-8-5-2/h7,10,15-16,18-19,24-25,27-28,32,34,37-38,41-42,46,48,54,57,73H,4-6,8-9,11-14,17,20-23,26,29-31,33,35-36,39-40,43-45,47,49-53,55-56,58-72H2,1-3H3/b10-7-,18-15-,19-16-,27-24-,28-25-,34-32-,38-37-,42-41-,48-46-,57-54-. The van der Waals surface area contributed by atoms with E-state index in [1.165, 1.54) is 148 Å². The summed E-state index contributed by atoms with van der Waals surface area (Å²) >= 11 is 0. The van der Waals surface area contributed by atoms with E-state index in [-0.39, 0.29) is 31.1 Å². The molecule has 6 nitrogen and oxygen atoms in total. The van der Waals surface area contributed by atoms with Crippen molar-refractivity contribution in [2.24, 2.45) is 0 Å². The van der Waals surface area contributed by atoms with Gasteiger partial charge < -0.3 is 14.2 Å². The number of carbonyl (C=O) groups is 3. The van der Waals surface area contributed by atoms with E-state index in [1.807, 2.05) is 0 Å². The van der Waals surface area contributed by atoms with Gasteiger partial charge in [-0.15, -0.1) is 0 Å². The molecule has 0 N–H and O–H groups in total. The van der Waals surface area contributed by atoms with Crippen molar-refractivity contribution < 1.29 is 28.6 Å². The molecular weight excluding hydrogens is 1010 g/mol. The van der Waals surface area contributed by atoms with Crippen LogP contribution in [0.5, 0.6) is 0 Å². The van der Waals surface area contributed by atoms with Crippen LogP contribution in [0.25, 0.3) is 0 Å². The van der Waals surface area contributed by atoms with Gasteiger partial charge in [-0.1, -0.05) is 316 Å². The van der Waals surface area contributed by atoms with Crippen LogP contribution in [0.15, 0.2) is 122 Å². The summed E-state index contributed by atoms with van der Waals surface area (Å²) in [7, 11) is 0. The summed E-state index contributed by atoms with van der Waals surface area (Å²) in [4.78, 5) is 38.4. The Bertz CT molecular complexity index is 1690. The van der Waals surface area contributed by atoms with E-state index in [9.17, 15) is 14.4 Å². The Morgan fingerprint density at radius 3 is 0.805 bits per heavy atom. The second kappa shape index (κ2) is 69.3. The number of ether oxygens (including phenoxy) is 3. The van der Waals surface area contributed by atoms with Crippen molar-refractivity contribution in [1.29, 1.82) is 0 Å². The van der Waals surface area contributed by atoms with Crippen molar-refractivity contribution in [2.45, 2.75) is 329 Å². The average molecular weight is 1140 g/mol. The van der Waals surface area contributed by atoms with Gasteiger partial charge in [-0.25, -0.2) is 0 Å². The molecule has 0 aliphatic heterocycles. The van der Waals surface area contributed by atoms with Crippen LogP contribution >= 0.6 is 0 Å². The maximum absolute atomic E-state index is 13.0. The van der Waals surface area contributed by atoms with Gasteiger partial charge in [0.25, 0.3) is 0 Å². The van der Waals surface area contributed by atoms with Gasteiger partial charge in [-0.2, -0.15) is 0 Å². The molecule has 0 saturated carbocycles. The van der Waals surface area contributed by atoms with Gasteiger partial charge in [0.05, 0.1) is 0 Å². The highest BCUT2D eigenvalue weighted by molar-refractivity contribution is 5.71. The maximum Gasteiger partial charge on any atom is 0.306 e. The molecule has 468 valence electrons. The first-order chi connectivity index (χ1) is 40.5. The molecule has 0 fully saturated rings. The van der Waals surface area contributed by atoms with Crippen LogP contribution in [-0.4, -0.2) is 37.2 Å². The third-order valence-corrected chi connectivity index (χ3v) is 14.7. The summed E-state index contributed by atoms with van der Waals surface area (Å²) in [6, 6.07) is 0. The van der Waals surface area contributed by atoms with Crippen molar-refractivity contribution in [1.82, 2.24) is 0 Å². The van der Waals surface area contributed by atoms with Gasteiger partial charge in [-0.3, -0.25) is 14.4 Å². The highest BCUT2D eigenvalue weighted by atomic mass is 16.6. The predicted molar refractivity (Wildman–Crippen MR) is 357 cm³/mol. The van der Waals surface area contributed by atoms with Crippen LogP contribution in [0.3, 0.4) is 0 Å². The Labute approximate surface area is 507 Å². The number of carbonyl (C=O) groups excluding carboxylic acids is 3. The van der Waals surface area contributed by atoms with Gasteiger partial charge in [0.2, 0.25) is 0 Å². The summed E-state index contributed by atoms with van der Waals surface area (Å²) in [5, 5.41) is 0. The normalized spacial score (nSPS) is 12.9. The highest BCUT2D eigenvalue weighted by Gasteiger charge is 2.19. The largest absolute Gasteiger partial charge is 0.462 e. The molecule has 0 bridgehead atoms. The van der Waals surface area contributed by atoms with Crippen molar-refractivity contribution >= 4 is 17.9 Å². The van der Waals surface area contributed by atoms with Gasteiger partial charge in [0, 0.05) is 19.3 Å². The third-order valence-electron chi connectivity index (χ3n) is 14.7. The Kier molecular flexibility index (Phi) is 65.8. The quantitative estimate of drug-likeness (QED) is 0.0261. The lowest BCUT2D eigenvalue weighted by Crippen LogP contribution is -2.30. The number of hydrogen-bond donors (Lipinski definition) is 0. The van der Waals surface area contributed by atoms with E-state index in [1.54, 1.807) is 0 Å². The van der Waals surface area contributed by atoms with E-state index >= 15 is 0 Å². The lowest BCUT2D eigenvalue weighted by molar-refractivity contribution is -0.167. The Hall–Kier alpha value is -4.19. The van der Waals surface area contributed by atoms with Crippen molar-refractivity contribution in [3.8, 4) is 0 Å². The topological polar surface area (TPSA) is 78.9 Å². The molecule has 0 aliphatic carbocycles. The minimum absolute atomic E-state index is 0.0992. The van der Waals surface area contributed by atoms with Crippen molar-refractivity contribution in [3.05, 3.63) is 122 Å². The summed E-state index contributed by atoms with van der Waals surface area (Å²) in [6.07, 6.45) is 96.5. The number of unbranched alkanes of at least 4 members (excludes halogenated alkanes) is 31. The van der Waals surface area contributed by atoms with Crippen molar-refractivity contribution in [3.63, 3.8) is 0 Å². The number of allylic oxidation sites excluding steroid dienone is 20. The van der Waals surface area contributed by atoms with E-state index in [4.69, 9.17) is 14.2 Å². The van der Waals surface area contributed by atoms with Crippen LogP contribution in [0, 0.1) is 0 Å². The fourth-order valence-corrected chi connectivity index (χ4v) is 9.54. The molecule has 0 aliphatic rings. The Morgan fingerprint density at radius 1 is 0.256 bits per heavy atom. The van der Waals surface area contributed by atoms with E-state index < -0.39 is 6.10 Å². The molecule has 1 unspecified atom stereocenters. The summed E-state index contributed by atoms with van der Waals surface area (Å²) in [6.45, 7) is 6.47.